The van der Waals surface area contributed by atoms with Gasteiger partial charge in [0, 0.05) is 2.74 Å². The molecule has 86 valence electrons. The van der Waals surface area contributed by atoms with E-state index in [9.17, 15) is 0 Å². The minimum absolute atomic E-state index is 0.215. The van der Waals surface area contributed by atoms with E-state index in [4.69, 9.17) is 2.74 Å². The molecule has 0 unspecified atom stereocenters. The molecule has 0 radical (unpaired) electrons. The molecular formula is C15H26. The van der Waals surface area contributed by atoms with Gasteiger partial charge >= 0.3 is 0 Å². The summed E-state index contributed by atoms with van der Waals surface area (Å²) in [4.78, 5) is 0. The Hall–Kier alpha value is 0. The van der Waals surface area contributed by atoms with Crippen molar-refractivity contribution in [2.75, 3.05) is 0 Å². The molecule has 0 aliphatic heterocycles. The number of hydrogen-bond acceptors (Lipinski definition) is 0. The van der Waals surface area contributed by atoms with E-state index < -0.39 is 6.37 Å². The molecule has 0 aromatic rings. The summed E-state index contributed by atoms with van der Waals surface area (Å²) in [5.41, 5.74) is -0.215. The molecule has 4 rings (SSSR count). The maximum atomic E-state index is 8.62. The van der Waals surface area contributed by atoms with Crippen molar-refractivity contribution < 1.29 is 2.74 Å². The Morgan fingerprint density at radius 3 is 1.80 bits per heavy atom. The Labute approximate surface area is 97.6 Å². The highest BCUT2D eigenvalue weighted by molar-refractivity contribution is 4.98. The van der Waals surface area contributed by atoms with Crippen LogP contribution in [0.2, 0.25) is 0 Å². The van der Waals surface area contributed by atoms with E-state index in [1.807, 2.05) is 0 Å². The first-order valence-corrected chi connectivity index (χ1v) is 6.79. The van der Waals surface area contributed by atoms with Crippen LogP contribution in [-0.2, 0) is 0 Å². The number of rotatable bonds is 1. The van der Waals surface area contributed by atoms with Crippen molar-refractivity contribution >= 4 is 0 Å². The molecule has 0 saturated heterocycles. The molecule has 4 aliphatic carbocycles. The lowest BCUT2D eigenvalue weighted by molar-refractivity contribution is -0.0510. The van der Waals surface area contributed by atoms with Crippen LogP contribution in [-0.4, -0.2) is 0 Å². The van der Waals surface area contributed by atoms with Gasteiger partial charge in [0.15, 0.2) is 0 Å². The third kappa shape index (κ3) is 1.85. The summed E-state index contributed by atoms with van der Waals surface area (Å²) in [6.07, 6.45) is 5.77. The first kappa shape index (κ1) is 8.14. The van der Waals surface area contributed by atoms with E-state index in [1.165, 1.54) is 32.1 Å². The van der Waals surface area contributed by atoms with Crippen molar-refractivity contribution in [2.45, 2.75) is 59.2 Å². The average Bonchev–Trinajstić information content (AvgIpc) is 2.12. The molecule has 0 N–H and O–H groups in total. The lowest BCUT2D eigenvalue weighted by Gasteiger charge is -2.55. The smallest absolute Gasteiger partial charge is 0.0275 e. The molecule has 4 bridgehead atoms. The first-order valence-electron chi connectivity index (χ1n) is 7.79. The molecule has 0 atom stereocenters. The quantitative estimate of drug-likeness (QED) is 0.595. The Balaban J connectivity index is 1.89. The topological polar surface area (TPSA) is 0 Å². The van der Waals surface area contributed by atoms with Crippen LogP contribution in [0.3, 0.4) is 0 Å². The van der Waals surface area contributed by atoms with Gasteiger partial charge in [-0.05, 0) is 73.5 Å². The van der Waals surface area contributed by atoms with Gasteiger partial charge in [-0.2, -0.15) is 0 Å². The summed E-state index contributed by atoms with van der Waals surface area (Å²) >= 11 is 0. The molecule has 0 nitrogen and oxygen atoms in total. The van der Waals surface area contributed by atoms with E-state index >= 15 is 0 Å². The summed E-state index contributed by atoms with van der Waals surface area (Å²) in [6.45, 7) is 6.24. The van der Waals surface area contributed by atoms with Crippen LogP contribution < -0.4 is 0 Å². The molecule has 4 fully saturated rings. The van der Waals surface area contributed by atoms with Gasteiger partial charge < -0.3 is 0 Å². The largest absolute Gasteiger partial charge is 0.0602 e. The zero-order chi connectivity index (χ0) is 12.4. The van der Waals surface area contributed by atoms with Gasteiger partial charge in [-0.3, -0.25) is 0 Å². The normalized spacial score (nSPS) is 51.5. The van der Waals surface area contributed by atoms with E-state index in [-0.39, 0.29) is 5.41 Å². The maximum Gasteiger partial charge on any atom is 0.0275 e. The van der Waals surface area contributed by atoms with Crippen LogP contribution in [0.4, 0.5) is 0 Å². The SMILES string of the molecule is [2H]C([2H])(C1C2CC3CC(C2)CC1C3)C(C)(C)C. The van der Waals surface area contributed by atoms with Gasteiger partial charge in [-0.1, -0.05) is 20.8 Å². The zero-order valence-corrected chi connectivity index (χ0v) is 10.4. The highest BCUT2D eigenvalue weighted by atomic mass is 14.5. The molecular weight excluding hydrogens is 180 g/mol. The van der Waals surface area contributed by atoms with Gasteiger partial charge in [-0.15, -0.1) is 0 Å². The third-order valence-corrected chi connectivity index (χ3v) is 4.83. The fourth-order valence-electron chi connectivity index (χ4n) is 4.66. The van der Waals surface area contributed by atoms with E-state index in [0.717, 1.165) is 11.8 Å². The predicted octanol–water partition coefficient (Wildman–Crippen LogP) is 4.49. The Morgan fingerprint density at radius 2 is 1.40 bits per heavy atom. The van der Waals surface area contributed by atoms with Crippen LogP contribution in [0.25, 0.3) is 0 Å². The standard InChI is InChI=1S/C15H26/c1-15(2,3)9-14-12-5-10-4-11(7-12)8-13(14)6-10/h10-14H,4-9H2,1-3H3/i9D2. The molecule has 15 heavy (non-hydrogen) atoms. The van der Waals surface area contributed by atoms with Crippen molar-refractivity contribution in [3.8, 4) is 0 Å². The van der Waals surface area contributed by atoms with Crippen LogP contribution in [0, 0.1) is 35.0 Å². The van der Waals surface area contributed by atoms with Crippen molar-refractivity contribution in [1.82, 2.24) is 0 Å². The molecule has 0 aromatic heterocycles. The fraction of sp³-hybridized carbons (Fsp3) is 1.00. The van der Waals surface area contributed by atoms with Crippen molar-refractivity contribution in [3.05, 3.63) is 0 Å². The van der Waals surface area contributed by atoms with Gasteiger partial charge in [0.25, 0.3) is 0 Å². The predicted molar refractivity (Wildman–Crippen MR) is 64.6 cm³/mol. The molecule has 0 spiro atoms. The second-order valence-corrected chi connectivity index (χ2v) is 7.35. The summed E-state index contributed by atoms with van der Waals surface area (Å²) in [6, 6.07) is 0. The second-order valence-electron chi connectivity index (χ2n) is 7.35. The summed E-state index contributed by atoms with van der Waals surface area (Å²) in [5, 5.41) is 0. The average molecular weight is 208 g/mol. The first-order chi connectivity index (χ1) is 7.79. The van der Waals surface area contributed by atoms with Crippen molar-refractivity contribution in [3.63, 3.8) is 0 Å². The van der Waals surface area contributed by atoms with Crippen LogP contribution >= 0.6 is 0 Å². The molecule has 0 aromatic carbocycles. The Kier molecular flexibility index (Phi) is 1.76. The van der Waals surface area contributed by atoms with Gasteiger partial charge in [-0.25, -0.2) is 0 Å². The summed E-state index contributed by atoms with van der Waals surface area (Å²) < 4.78 is 17.2. The molecule has 4 saturated carbocycles. The summed E-state index contributed by atoms with van der Waals surface area (Å²) in [5.74, 6) is 3.63. The molecule has 0 amide bonds. The monoisotopic (exact) mass is 208 g/mol. The molecule has 0 heteroatoms. The van der Waals surface area contributed by atoms with E-state index in [1.54, 1.807) is 0 Å². The maximum absolute atomic E-state index is 8.62. The third-order valence-electron chi connectivity index (χ3n) is 4.83. The van der Waals surface area contributed by atoms with Crippen LogP contribution in [0.15, 0.2) is 0 Å². The molecule has 0 heterocycles. The highest BCUT2D eigenvalue weighted by Crippen LogP contribution is 2.58. The van der Waals surface area contributed by atoms with Gasteiger partial charge in [0.1, 0.15) is 0 Å². The Bertz CT molecular complexity index is 285. The van der Waals surface area contributed by atoms with Gasteiger partial charge in [0.05, 0.1) is 0 Å². The fourth-order valence-corrected chi connectivity index (χ4v) is 4.66. The number of hydrogen-bond donors (Lipinski definition) is 0. The van der Waals surface area contributed by atoms with Crippen LogP contribution in [0.5, 0.6) is 0 Å². The lowest BCUT2D eigenvalue weighted by atomic mass is 9.50. The Morgan fingerprint density at radius 1 is 0.933 bits per heavy atom. The molecule has 4 aliphatic rings. The van der Waals surface area contributed by atoms with Crippen molar-refractivity contribution in [1.29, 1.82) is 0 Å². The van der Waals surface area contributed by atoms with Crippen molar-refractivity contribution in [2.24, 2.45) is 35.0 Å². The second kappa shape index (κ2) is 3.25. The van der Waals surface area contributed by atoms with Crippen LogP contribution in [0.1, 0.15) is 62.0 Å². The van der Waals surface area contributed by atoms with E-state index in [2.05, 4.69) is 20.8 Å². The van der Waals surface area contributed by atoms with Gasteiger partial charge in [0.2, 0.25) is 0 Å². The van der Waals surface area contributed by atoms with E-state index in [0.29, 0.717) is 17.8 Å². The zero-order valence-electron chi connectivity index (χ0n) is 12.4. The highest BCUT2D eigenvalue weighted by Gasteiger charge is 2.48. The summed E-state index contributed by atoms with van der Waals surface area (Å²) in [7, 11) is 0. The minimum atomic E-state index is -0.990. The lowest BCUT2D eigenvalue weighted by Crippen LogP contribution is -2.46. The minimum Gasteiger partial charge on any atom is -0.0602 e.